The van der Waals surface area contributed by atoms with E-state index < -0.39 is 31.0 Å². The van der Waals surface area contributed by atoms with E-state index in [-0.39, 0.29) is 18.3 Å². The lowest BCUT2D eigenvalue weighted by molar-refractivity contribution is -0.149. The number of aromatic nitrogens is 1. The number of hydrogen-bond acceptors (Lipinski definition) is 3. The molecular formula is C13H16F2N2O4. The highest BCUT2D eigenvalue weighted by molar-refractivity contribution is 5.92. The predicted molar refractivity (Wildman–Crippen MR) is 68.3 cm³/mol. The van der Waals surface area contributed by atoms with Gasteiger partial charge in [-0.15, -0.1) is 0 Å². The zero-order valence-electron chi connectivity index (χ0n) is 11.2. The van der Waals surface area contributed by atoms with Crippen LogP contribution in [-0.4, -0.2) is 46.7 Å². The Hall–Kier alpha value is -1.96. The molecule has 21 heavy (non-hydrogen) atoms. The van der Waals surface area contributed by atoms with E-state index >= 15 is 0 Å². The van der Waals surface area contributed by atoms with Gasteiger partial charge in [0.25, 0.3) is 12.3 Å². The molecule has 1 amide bonds. The molecule has 0 radical (unpaired) electrons. The van der Waals surface area contributed by atoms with E-state index in [4.69, 9.17) is 9.84 Å². The van der Waals surface area contributed by atoms with Gasteiger partial charge in [-0.25, -0.2) is 13.6 Å². The first-order valence-corrected chi connectivity index (χ1v) is 6.57. The number of nitrogens with one attached hydrogen (secondary N) is 1. The van der Waals surface area contributed by atoms with E-state index in [2.05, 4.69) is 5.32 Å². The largest absolute Gasteiger partial charge is 0.479 e. The maximum Gasteiger partial charge on any atom is 0.332 e. The van der Waals surface area contributed by atoms with Crippen molar-refractivity contribution in [1.29, 1.82) is 0 Å². The van der Waals surface area contributed by atoms with Gasteiger partial charge in [-0.05, 0) is 25.0 Å². The van der Waals surface area contributed by atoms with Crippen molar-refractivity contribution in [1.82, 2.24) is 9.88 Å². The number of ether oxygens (including phenoxy) is 1. The molecule has 2 rings (SSSR count). The Labute approximate surface area is 119 Å². The molecule has 6 nitrogen and oxygen atoms in total. The van der Waals surface area contributed by atoms with Gasteiger partial charge in [-0.2, -0.15) is 0 Å². The molecule has 0 aliphatic carbocycles. The highest BCUT2D eigenvalue weighted by atomic mass is 19.3. The van der Waals surface area contributed by atoms with Gasteiger partial charge in [-0.3, -0.25) is 4.79 Å². The lowest BCUT2D eigenvalue weighted by atomic mass is 10.2. The number of carbonyl (C=O) groups excluding carboxylic acids is 1. The van der Waals surface area contributed by atoms with Crippen molar-refractivity contribution in [2.24, 2.45) is 0 Å². The summed E-state index contributed by atoms with van der Waals surface area (Å²) in [5.41, 5.74) is 0.142. The van der Waals surface area contributed by atoms with E-state index in [1.54, 1.807) is 0 Å². The number of carbonyl (C=O) groups is 2. The van der Waals surface area contributed by atoms with Crippen molar-refractivity contribution >= 4 is 11.9 Å². The number of alkyl halides is 2. The molecule has 2 heterocycles. The summed E-state index contributed by atoms with van der Waals surface area (Å²) in [6.07, 6.45) is -1.40. The second-order valence-corrected chi connectivity index (χ2v) is 4.81. The summed E-state index contributed by atoms with van der Waals surface area (Å²) >= 11 is 0. The van der Waals surface area contributed by atoms with Gasteiger partial charge in [-0.1, -0.05) is 0 Å². The van der Waals surface area contributed by atoms with Crippen LogP contribution in [0, 0.1) is 0 Å². The molecule has 1 aliphatic rings. The molecular weight excluding hydrogens is 286 g/mol. The average Bonchev–Trinajstić information content (AvgIpc) is 3.04. The minimum atomic E-state index is -2.54. The molecule has 116 valence electrons. The van der Waals surface area contributed by atoms with E-state index in [1.807, 2.05) is 0 Å². The lowest BCUT2D eigenvalue weighted by Gasteiger charge is -2.13. The van der Waals surface area contributed by atoms with Crippen molar-refractivity contribution in [2.75, 3.05) is 6.54 Å². The van der Waals surface area contributed by atoms with Crippen LogP contribution in [0.4, 0.5) is 8.78 Å². The number of rotatable bonds is 6. The van der Waals surface area contributed by atoms with Crippen LogP contribution < -0.4 is 5.32 Å². The van der Waals surface area contributed by atoms with Crippen molar-refractivity contribution in [3.8, 4) is 0 Å². The van der Waals surface area contributed by atoms with E-state index in [0.717, 1.165) is 0 Å². The standard InChI is InChI=1S/C13H16F2N2O4/c14-11(15)7-17-5-1-2-9(17)12(18)16-6-8-3-4-10(21-8)13(19)20/h1-2,5,8,10-11H,3-4,6-7H2,(H,16,18)(H,19,20). The third-order valence-electron chi connectivity index (χ3n) is 3.27. The zero-order valence-corrected chi connectivity index (χ0v) is 11.2. The van der Waals surface area contributed by atoms with Crippen LogP contribution in [-0.2, 0) is 16.1 Å². The Balaban J connectivity index is 1.85. The smallest absolute Gasteiger partial charge is 0.332 e. The fourth-order valence-corrected chi connectivity index (χ4v) is 2.26. The van der Waals surface area contributed by atoms with Crippen LogP contribution in [0.1, 0.15) is 23.3 Å². The quantitative estimate of drug-likeness (QED) is 0.825. The minimum Gasteiger partial charge on any atom is -0.479 e. The summed E-state index contributed by atoms with van der Waals surface area (Å²) in [5, 5.41) is 11.4. The number of nitrogens with zero attached hydrogens (tertiary/aromatic N) is 1. The third kappa shape index (κ3) is 4.01. The molecule has 1 saturated heterocycles. The summed E-state index contributed by atoms with van der Waals surface area (Å²) < 4.78 is 31.1. The monoisotopic (exact) mass is 302 g/mol. The van der Waals surface area contributed by atoms with Crippen LogP contribution in [0.25, 0.3) is 0 Å². The number of carboxylic acid groups (broad SMARTS) is 1. The van der Waals surface area contributed by atoms with Crippen molar-refractivity contribution in [3.63, 3.8) is 0 Å². The summed E-state index contributed by atoms with van der Waals surface area (Å²) in [6.45, 7) is -0.390. The van der Waals surface area contributed by atoms with Gasteiger partial charge in [0.05, 0.1) is 12.6 Å². The van der Waals surface area contributed by atoms with Gasteiger partial charge in [0, 0.05) is 12.7 Å². The highest BCUT2D eigenvalue weighted by Gasteiger charge is 2.30. The van der Waals surface area contributed by atoms with Gasteiger partial charge in [0.2, 0.25) is 0 Å². The first-order chi connectivity index (χ1) is 9.97. The van der Waals surface area contributed by atoms with Gasteiger partial charge in [0.1, 0.15) is 5.69 Å². The SMILES string of the molecule is O=C(NCC1CCC(C(=O)O)O1)c1cccn1CC(F)F. The van der Waals surface area contributed by atoms with Crippen LogP contribution in [0.15, 0.2) is 18.3 Å². The minimum absolute atomic E-state index is 0.142. The Morgan fingerprint density at radius 3 is 2.86 bits per heavy atom. The molecule has 1 aromatic rings. The van der Waals surface area contributed by atoms with E-state index in [0.29, 0.717) is 12.8 Å². The van der Waals surface area contributed by atoms with E-state index in [1.165, 1.54) is 22.9 Å². The molecule has 0 bridgehead atoms. The maximum atomic E-state index is 12.4. The normalized spacial score (nSPS) is 21.7. The molecule has 0 saturated carbocycles. The Morgan fingerprint density at radius 1 is 1.48 bits per heavy atom. The first-order valence-electron chi connectivity index (χ1n) is 6.57. The second-order valence-electron chi connectivity index (χ2n) is 4.81. The molecule has 0 aromatic carbocycles. The molecule has 2 atom stereocenters. The Kier molecular flexibility index (Phi) is 4.89. The average molecular weight is 302 g/mol. The topological polar surface area (TPSA) is 80.6 Å². The van der Waals surface area contributed by atoms with Crippen LogP contribution in [0.2, 0.25) is 0 Å². The first kappa shape index (κ1) is 15.4. The number of amides is 1. The number of aliphatic carboxylic acids is 1. The number of hydrogen-bond donors (Lipinski definition) is 2. The summed E-state index contributed by atoms with van der Waals surface area (Å²) in [6, 6.07) is 2.97. The maximum absolute atomic E-state index is 12.4. The molecule has 1 fully saturated rings. The predicted octanol–water partition coefficient (Wildman–Crippen LogP) is 1.12. The Morgan fingerprint density at radius 2 is 2.24 bits per heavy atom. The van der Waals surface area contributed by atoms with Gasteiger partial charge in [0.15, 0.2) is 6.10 Å². The molecule has 2 unspecified atom stereocenters. The van der Waals surface area contributed by atoms with Crippen LogP contribution >= 0.6 is 0 Å². The highest BCUT2D eigenvalue weighted by Crippen LogP contribution is 2.19. The molecule has 2 N–H and O–H groups in total. The third-order valence-corrected chi connectivity index (χ3v) is 3.27. The molecule has 1 aliphatic heterocycles. The number of carboxylic acids is 1. The Bertz CT molecular complexity index is 518. The van der Waals surface area contributed by atoms with Gasteiger partial charge >= 0.3 is 5.97 Å². The lowest BCUT2D eigenvalue weighted by Crippen LogP contribution is -2.34. The zero-order chi connectivity index (χ0) is 15.4. The van der Waals surface area contributed by atoms with Crippen molar-refractivity contribution in [3.05, 3.63) is 24.0 Å². The number of halogens is 2. The van der Waals surface area contributed by atoms with E-state index in [9.17, 15) is 18.4 Å². The van der Waals surface area contributed by atoms with Crippen LogP contribution in [0.3, 0.4) is 0 Å². The van der Waals surface area contributed by atoms with Crippen molar-refractivity contribution in [2.45, 2.75) is 38.0 Å². The van der Waals surface area contributed by atoms with Gasteiger partial charge < -0.3 is 19.7 Å². The second kappa shape index (κ2) is 6.66. The molecule has 0 spiro atoms. The van der Waals surface area contributed by atoms with Crippen molar-refractivity contribution < 1.29 is 28.2 Å². The fourth-order valence-electron chi connectivity index (χ4n) is 2.26. The summed E-state index contributed by atoms with van der Waals surface area (Å²) in [5.74, 6) is -1.50. The summed E-state index contributed by atoms with van der Waals surface area (Å²) in [7, 11) is 0. The van der Waals surface area contributed by atoms with Crippen LogP contribution in [0.5, 0.6) is 0 Å². The molecule has 1 aromatic heterocycles. The molecule has 8 heteroatoms. The summed E-state index contributed by atoms with van der Waals surface area (Å²) in [4.78, 5) is 22.7. The fraction of sp³-hybridized carbons (Fsp3) is 0.538.